The third-order valence-corrected chi connectivity index (χ3v) is 3.62. The summed E-state index contributed by atoms with van der Waals surface area (Å²) >= 11 is 0. The fraction of sp³-hybridized carbons (Fsp3) is 0.263. The van der Waals surface area contributed by atoms with Gasteiger partial charge in [0.2, 0.25) is 5.91 Å². The van der Waals surface area contributed by atoms with Crippen LogP contribution in [-0.4, -0.2) is 25.0 Å². The van der Waals surface area contributed by atoms with Crippen LogP contribution in [0.1, 0.15) is 18.1 Å². The van der Waals surface area contributed by atoms with Gasteiger partial charge in [-0.05, 0) is 30.0 Å². The molecule has 0 fully saturated rings. The molecule has 24 heavy (non-hydrogen) atoms. The van der Waals surface area contributed by atoms with E-state index in [0.29, 0.717) is 6.54 Å². The van der Waals surface area contributed by atoms with E-state index < -0.39 is 0 Å². The molecular formula is C19H23N3O2. The van der Waals surface area contributed by atoms with E-state index in [1.807, 2.05) is 61.5 Å². The Hall–Kier alpha value is -2.82. The number of para-hydroxylation sites is 1. The monoisotopic (exact) mass is 325 g/mol. The number of carbonyl (C=O) groups excluding carboxylic acids is 2. The van der Waals surface area contributed by atoms with Crippen molar-refractivity contribution in [2.45, 2.75) is 19.8 Å². The van der Waals surface area contributed by atoms with Gasteiger partial charge in [-0.2, -0.15) is 0 Å². The fourth-order valence-electron chi connectivity index (χ4n) is 2.33. The fourth-order valence-corrected chi connectivity index (χ4v) is 2.33. The summed E-state index contributed by atoms with van der Waals surface area (Å²) in [5.41, 5.74) is 3.01. The van der Waals surface area contributed by atoms with E-state index in [2.05, 4.69) is 16.0 Å². The summed E-state index contributed by atoms with van der Waals surface area (Å²) in [5, 5.41) is 8.12. The van der Waals surface area contributed by atoms with E-state index >= 15 is 0 Å². The number of hydrogen-bond donors (Lipinski definition) is 3. The van der Waals surface area contributed by atoms with E-state index in [1.165, 1.54) is 0 Å². The van der Waals surface area contributed by atoms with E-state index in [-0.39, 0.29) is 18.5 Å². The van der Waals surface area contributed by atoms with Gasteiger partial charge >= 0.3 is 6.03 Å². The number of rotatable bonds is 7. The van der Waals surface area contributed by atoms with Gasteiger partial charge in [0.05, 0.1) is 6.54 Å². The lowest BCUT2D eigenvalue weighted by Crippen LogP contribution is -2.40. The maximum absolute atomic E-state index is 11.9. The number of nitrogens with one attached hydrogen (secondary N) is 3. The Balaban J connectivity index is 1.68. The number of benzene rings is 2. The van der Waals surface area contributed by atoms with Crippen molar-refractivity contribution in [3.05, 3.63) is 65.7 Å². The maximum atomic E-state index is 11.9. The van der Waals surface area contributed by atoms with Crippen molar-refractivity contribution in [2.75, 3.05) is 18.4 Å². The van der Waals surface area contributed by atoms with Crippen LogP contribution in [0.25, 0.3) is 0 Å². The predicted octanol–water partition coefficient (Wildman–Crippen LogP) is 2.73. The molecule has 0 atom stereocenters. The van der Waals surface area contributed by atoms with E-state index in [4.69, 9.17) is 0 Å². The topological polar surface area (TPSA) is 70.2 Å². The third-order valence-electron chi connectivity index (χ3n) is 3.62. The van der Waals surface area contributed by atoms with Crippen LogP contribution in [-0.2, 0) is 17.6 Å². The van der Waals surface area contributed by atoms with Crippen molar-refractivity contribution in [1.82, 2.24) is 10.6 Å². The Morgan fingerprint density at radius 3 is 2.38 bits per heavy atom. The first kappa shape index (κ1) is 17.5. The van der Waals surface area contributed by atoms with Gasteiger partial charge in [-0.1, -0.05) is 55.5 Å². The number of aryl methyl sites for hydroxylation is 1. The summed E-state index contributed by atoms with van der Waals surface area (Å²) in [4.78, 5) is 23.6. The molecule has 0 aliphatic rings. The molecule has 0 aliphatic heterocycles. The number of amides is 3. The lowest BCUT2D eigenvalue weighted by molar-refractivity contribution is -0.115. The minimum absolute atomic E-state index is 0.0603. The number of carbonyl (C=O) groups is 2. The molecule has 5 heteroatoms. The quantitative estimate of drug-likeness (QED) is 0.732. The molecule has 0 saturated heterocycles. The predicted molar refractivity (Wildman–Crippen MR) is 96.0 cm³/mol. The first-order valence-corrected chi connectivity index (χ1v) is 8.12. The van der Waals surface area contributed by atoms with E-state index in [9.17, 15) is 9.59 Å². The van der Waals surface area contributed by atoms with Gasteiger partial charge < -0.3 is 16.0 Å². The molecule has 0 aromatic heterocycles. The molecule has 0 aliphatic carbocycles. The Labute approximate surface area is 142 Å². The molecular weight excluding hydrogens is 302 g/mol. The largest absolute Gasteiger partial charge is 0.338 e. The highest BCUT2D eigenvalue weighted by molar-refractivity contribution is 5.94. The average molecular weight is 325 g/mol. The minimum atomic E-state index is -0.343. The average Bonchev–Trinajstić information content (AvgIpc) is 2.61. The highest BCUT2D eigenvalue weighted by Gasteiger charge is 2.07. The van der Waals surface area contributed by atoms with Crippen molar-refractivity contribution in [2.24, 2.45) is 0 Å². The lowest BCUT2D eigenvalue weighted by atomic mass is 10.1. The van der Waals surface area contributed by atoms with Crippen molar-refractivity contribution in [1.29, 1.82) is 0 Å². The number of urea groups is 1. The molecule has 0 spiro atoms. The van der Waals surface area contributed by atoms with Gasteiger partial charge in [0.15, 0.2) is 0 Å². The summed E-state index contributed by atoms with van der Waals surface area (Å²) in [7, 11) is 0. The zero-order valence-electron chi connectivity index (χ0n) is 13.8. The van der Waals surface area contributed by atoms with Gasteiger partial charge in [0.25, 0.3) is 0 Å². The van der Waals surface area contributed by atoms with Crippen LogP contribution in [0, 0.1) is 0 Å². The van der Waals surface area contributed by atoms with Crippen LogP contribution in [0.4, 0.5) is 10.5 Å². The normalized spacial score (nSPS) is 10.0. The Bertz CT molecular complexity index is 671. The zero-order chi connectivity index (χ0) is 17.2. The molecule has 126 valence electrons. The second kappa shape index (κ2) is 9.35. The molecule has 0 saturated carbocycles. The first-order chi connectivity index (χ1) is 11.7. The standard InChI is InChI=1S/C19H23N3O2/c1-2-16-10-6-7-11-17(16)22-18(23)14-21-19(24)20-13-12-15-8-4-3-5-9-15/h3-11H,2,12-14H2,1H3,(H,22,23)(H2,20,21,24). The highest BCUT2D eigenvalue weighted by Crippen LogP contribution is 2.14. The van der Waals surface area contributed by atoms with E-state index in [0.717, 1.165) is 29.7 Å². The third kappa shape index (κ3) is 5.76. The van der Waals surface area contributed by atoms with Crippen molar-refractivity contribution in [3.63, 3.8) is 0 Å². The van der Waals surface area contributed by atoms with E-state index in [1.54, 1.807) is 0 Å². The second-order valence-electron chi connectivity index (χ2n) is 5.40. The van der Waals surface area contributed by atoms with Crippen molar-refractivity contribution < 1.29 is 9.59 Å². The molecule has 2 aromatic carbocycles. The first-order valence-electron chi connectivity index (χ1n) is 8.12. The van der Waals surface area contributed by atoms with Crippen molar-refractivity contribution >= 4 is 17.6 Å². The van der Waals surface area contributed by atoms with Crippen LogP contribution in [0.3, 0.4) is 0 Å². The molecule has 0 heterocycles. The second-order valence-corrected chi connectivity index (χ2v) is 5.40. The zero-order valence-corrected chi connectivity index (χ0v) is 13.8. The lowest BCUT2D eigenvalue weighted by Gasteiger charge is -2.11. The smallest absolute Gasteiger partial charge is 0.315 e. The molecule has 2 aromatic rings. The highest BCUT2D eigenvalue weighted by atomic mass is 16.2. The SMILES string of the molecule is CCc1ccccc1NC(=O)CNC(=O)NCCc1ccccc1. The number of anilines is 1. The molecule has 0 bridgehead atoms. The molecule has 3 amide bonds. The summed E-state index contributed by atoms with van der Waals surface area (Å²) < 4.78 is 0. The maximum Gasteiger partial charge on any atom is 0.315 e. The van der Waals surface area contributed by atoms with Crippen molar-refractivity contribution in [3.8, 4) is 0 Å². The summed E-state index contributed by atoms with van der Waals surface area (Å²) in [6, 6.07) is 17.2. The molecule has 3 N–H and O–H groups in total. The Kier molecular flexibility index (Phi) is 6.83. The molecule has 0 radical (unpaired) electrons. The van der Waals surface area contributed by atoms with Gasteiger partial charge in [0.1, 0.15) is 0 Å². The summed E-state index contributed by atoms with van der Waals surface area (Å²) in [6.45, 7) is 2.49. The number of hydrogen-bond acceptors (Lipinski definition) is 2. The van der Waals surface area contributed by atoms with Gasteiger partial charge in [-0.15, -0.1) is 0 Å². The molecule has 2 rings (SSSR count). The van der Waals surface area contributed by atoms with Crippen LogP contribution in [0.15, 0.2) is 54.6 Å². The molecule has 0 unspecified atom stereocenters. The Morgan fingerprint density at radius 1 is 0.917 bits per heavy atom. The van der Waals surface area contributed by atoms with Gasteiger partial charge in [0, 0.05) is 12.2 Å². The Morgan fingerprint density at radius 2 is 1.62 bits per heavy atom. The van der Waals surface area contributed by atoms with Gasteiger partial charge in [-0.25, -0.2) is 4.79 Å². The summed E-state index contributed by atoms with van der Waals surface area (Å²) in [6.07, 6.45) is 1.59. The van der Waals surface area contributed by atoms with Crippen LogP contribution >= 0.6 is 0 Å². The van der Waals surface area contributed by atoms with Gasteiger partial charge in [-0.3, -0.25) is 4.79 Å². The minimum Gasteiger partial charge on any atom is -0.338 e. The molecule has 5 nitrogen and oxygen atoms in total. The van der Waals surface area contributed by atoms with Crippen LogP contribution in [0.5, 0.6) is 0 Å². The van der Waals surface area contributed by atoms with Crippen LogP contribution in [0.2, 0.25) is 0 Å². The van der Waals surface area contributed by atoms with Crippen LogP contribution < -0.4 is 16.0 Å². The summed E-state index contributed by atoms with van der Waals surface area (Å²) in [5.74, 6) is -0.242.